The number of ether oxygens (including phenoxy) is 1. The summed E-state index contributed by atoms with van der Waals surface area (Å²) in [7, 11) is 0. The first-order valence-corrected chi connectivity index (χ1v) is 7.30. The molecule has 9 nitrogen and oxygen atoms in total. The first-order valence-electron chi connectivity index (χ1n) is 7.30. The Kier molecular flexibility index (Phi) is 5.97. The van der Waals surface area contributed by atoms with Crippen molar-refractivity contribution >= 4 is 23.3 Å². The van der Waals surface area contributed by atoms with Gasteiger partial charge in [-0.2, -0.15) is 5.26 Å². The second kappa shape index (κ2) is 8.36. The third kappa shape index (κ3) is 4.62. The standard InChI is InChI=1S/C17H13N3O6/c18-8-13-7-14(20(24)25)5-6-15(13)19-16(22)10-26-17(23)12-3-1-11(9-21)2-4-12/h1-7,21H,9-10H2,(H,19,22). The van der Waals surface area contributed by atoms with Gasteiger partial charge in [-0.05, 0) is 23.8 Å². The Bertz CT molecular complexity index is 886. The van der Waals surface area contributed by atoms with Crippen LogP contribution in [-0.2, 0) is 16.1 Å². The van der Waals surface area contributed by atoms with Crippen molar-refractivity contribution in [1.82, 2.24) is 0 Å². The summed E-state index contributed by atoms with van der Waals surface area (Å²) >= 11 is 0. The van der Waals surface area contributed by atoms with E-state index in [1.54, 1.807) is 18.2 Å². The van der Waals surface area contributed by atoms with Crippen molar-refractivity contribution in [2.75, 3.05) is 11.9 Å². The quantitative estimate of drug-likeness (QED) is 0.456. The van der Waals surface area contributed by atoms with Gasteiger partial charge in [0.1, 0.15) is 6.07 Å². The number of carbonyl (C=O) groups excluding carboxylic acids is 2. The summed E-state index contributed by atoms with van der Waals surface area (Å²) in [6, 6.07) is 11.2. The maximum atomic E-state index is 11.9. The molecular formula is C17H13N3O6. The maximum absolute atomic E-state index is 11.9. The van der Waals surface area contributed by atoms with E-state index in [0.29, 0.717) is 5.56 Å². The number of aliphatic hydroxyl groups is 1. The third-order valence-corrected chi connectivity index (χ3v) is 3.32. The summed E-state index contributed by atoms with van der Waals surface area (Å²) in [5, 5.41) is 31.0. The molecule has 0 saturated heterocycles. The Balaban J connectivity index is 1.97. The number of rotatable bonds is 6. The lowest BCUT2D eigenvalue weighted by molar-refractivity contribution is -0.384. The second-order valence-electron chi connectivity index (χ2n) is 5.08. The molecule has 0 aliphatic carbocycles. The molecule has 9 heteroatoms. The summed E-state index contributed by atoms with van der Waals surface area (Å²) in [6.07, 6.45) is 0. The number of nitrogens with one attached hydrogen (secondary N) is 1. The number of hydrogen-bond donors (Lipinski definition) is 2. The largest absolute Gasteiger partial charge is 0.452 e. The van der Waals surface area contributed by atoms with Gasteiger partial charge in [-0.15, -0.1) is 0 Å². The molecule has 0 unspecified atom stereocenters. The van der Waals surface area contributed by atoms with Gasteiger partial charge < -0.3 is 15.2 Å². The number of nitriles is 1. The summed E-state index contributed by atoms with van der Waals surface area (Å²) < 4.78 is 4.87. The molecule has 1 amide bonds. The number of hydrogen-bond acceptors (Lipinski definition) is 7. The zero-order chi connectivity index (χ0) is 19.1. The number of anilines is 1. The Morgan fingerprint density at radius 1 is 1.23 bits per heavy atom. The normalized spacial score (nSPS) is 9.85. The number of amides is 1. The summed E-state index contributed by atoms with van der Waals surface area (Å²) in [6.45, 7) is -0.753. The molecule has 26 heavy (non-hydrogen) atoms. The van der Waals surface area contributed by atoms with E-state index >= 15 is 0 Å². The number of nitro benzene ring substituents is 1. The molecule has 2 aromatic carbocycles. The lowest BCUT2D eigenvalue weighted by Gasteiger charge is -2.08. The van der Waals surface area contributed by atoms with Crippen molar-refractivity contribution in [3.63, 3.8) is 0 Å². The van der Waals surface area contributed by atoms with Crippen LogP contribution in [0.3, 0.4) is 0 Å². The van der Waals surface area contributed by atoms with Crippen LogP contribution < -0.4 is 5.32 Å². The van der Waals surface area contributed by atoms with Crippen LogP contribution in [0, 0.1) is 21.4 Å². The van der Waals surface area contributed by atoms with Gasteiger partial charge in [0.15, 0.2) is 6.61 Å². The third-order valence-electron chi connectivity index (χ3n) is 3.32. The Morgan fingerprint density at radius 2 is 1.92 bits per heavy atom. The highest BCUT2D eigenvalue weighted by Gasteiger charge is 2.14. The smallest absolute Gasteiger partial charge is 0.338 e. The zero-order valence-electron chi connectivity index (χ0n) is 13.3. The van der Waals surface area contributed by atoms with Crippen LogP contribution in [-0.4, -0.2) is 28.5 Å². The van der Waals surface area contributed by atoms with Crippen LogP contribution in [0.1, 0.15) is 21.5 Å². The van der Waals surface area contributed by atoms with E-state index in [9.17, 15) is 19.7 Å². The van der Waals surface area contributed by atoms with E-state index in [1.807, 2.05) is 0 Å². The van der Waals surface area contributed by atoms with E-state index in [0.717, 1.165) is 12.1 Å². The predicted octanol–water partition coefficient (Wildman–Crippen LogP) is 1.75. The van der Waals surface area contributed by atoms with E-state index in [2.05, 4.69) is 5.32 Å². The van der Waals surface area contributed by atoms with Crippen LogP contribution in [0.2, 0.25) is 0 Å². The van der Waals surface area contributed by atoms with Crippen molar-refractivity contribution in [3.05, 3.63) is 69.3 Å². The summed E-state index contributed by atoms with van der Waals surface area (Å²) in [5.74, 6) is -1.43. The van der Waals surface area contributed by atoms with Crippen molar-refractivity contribution in [2.45, 2.75) is 6.61 Å². The van der Waals surface area contributed by atoms with E-state index < -0.39 is 23.4 Å². The Hall–Kier alpha value is -3.77. The summed E-state index contributed by atoms with van der Waals surface area (Å²) in [4.78, 5) is 33.8. The van der Waals surface area contributed by atoms with Crippen LogP contribution in [0.4, 0.5) is 11.4 Å². The molecule has 0 fully saturated rings. The van der Waals surface area contributed by atoms with E-state index in [4.69, 9.17) is 15.1 Å². The lowest BCUT2D eigenvalue weighted by Crippen LogP contribution is -2.21. The molecular weight excluding hydrogens is 342 g/mol. The van der Waals surface area contributed by atoms with Gasteiger partial charge in [0, 0.05) is 12.1 Å². The Morgan fingerprint density at radius 3 is 2.50 bits per heavy atom. The van der Waals surface area contributed by atoms with Crippen molar-refractivity contribution in [3.8, 4) is 6.07 Å². The van der Waals surface area contributed by atoms with Crippen LogP contribution >= 0.6 is 0 Å². The zero-order valence-corrected chi connectivity index (χ0v) is 13.3. The summed E-state index contributed by atoms with van der Waals surface area (Å²) in [5.41, 5.74) is 0.548. The average Bonchev–Trinajstić information content (AvgIpc) is 2.66. The number of aliphatic hydroxyl groups excluding tert-OH is 1. The van der Waals surface area contributed by atoms with Crippen molar-refractivity contribution in [1.29, 1.82) is 5.26 Å². The van der Waals surface area contributed by atoms with Crippen LogP contribution in [0.15, 0.2) is 42.5 Å². The van der Waals surface area contributed by atoms with Crippen molar-refractivity contribution < 1.29 is 24.4 Å². The van der Waals surface area contributed by atoms with Crippen LogP contribution in [0.25, 0.3) is 0 Å². The molecule has 0 saturated carbocycles. The highest BCUT2D eigenvalue weighted by molar-refractivity contribution is 5.96. The number of non-ortho nitro benzene ring substituents is 1. The first kappa shape index (κ1) is 18.6. The number of nitro groups is 1. The highest BCUT2D eigenvalue weighted by atomic mass is 16.6. The topological polar surface area (TPSA) is 143 Å². The molecule has 0 heterocycles. The predicted molar refractivity (Wildman–Crippen MR) is 89.1 cm³/mol. The van der Waals surface area contributed by atoms with Gasteiger partial charge in [0.05, 0.1) is 28.3 Å². The average molecular weight is 355 g/mol. The van der Waals surface area contributed by atoms with Gasteiger partial charge in [0.25, 0.3) is 11.6 Å². The second-order valence-corrected chi connectivity index (χ2v) is 5.08. The van der Waals surface area contributed by atoms with E-state index in [-0.39, 0.29) is 29.1 Å². The number of benzene rings is 2. The number of carbonyl (C=O) groups is 2. The lowest BCUT2D eigenvalue weighted by atomic mass is 10.1. The molecule has 0 aliphatic rings. The maximum Gasteiger partial charge on any atom is 0.338 e. The molecule has 2 aromatic rings. The SMILES string of the molecule is N#Cc1cc([N+](=O)[O-])ccc1NC(=O)COC(=O)c1ccc(CO)cc1. The molecule has 2 rings (SSSR count). The van der Waals surface area contributed by atoms with Gasteiger partial charge in [-0.25, -0.2) is 4.79 Å². The minimum absolute atomic E-state index is 0.0754. The molecule has 0 aliphatic heterocycles. The van der Waals surface area contributed by atoms with Gasteiger partial charge in [-0.1, -0.05) is 12.1 Å². The fraction of sp³-hybridized carbons (Fsp3) is 0.118. The molecule has 0 atom stereocenters. The molecule has 0 radical (unpaired) electrons. The molecule has 0 bridgehead atoms. The fourth-order valence-electron chi connectivity index (χ4n) is 1.99. The Labute approximate surface area is 147 Å². The van der Waals surface area contributed by atoms with E-state index in [1.165, 1.54) is 18.2 Å². The monoisotopic (exact) mass is 355 g/mol. The number of esters is 1. The van der Waals surface area contributed by atoms with Crippen molar-refractivity contribution in [2.24, 2.45) is 0 Å². The minimum Gasteiger partial charge on any atom is -0.452 e. The minimum atomic E-state index is -0.728. The van der Waals surface area contributed by atoms with Gasteiger partial charge in [-0.3, -0.25) is 14.9 Å². The molecule has 0 spiro atoms. The van der Waals surface area contributed by atoms with Crippen LogP contribution in [0.5, 0.6) is 0 Å². The first-order chi connectivity index (χ1) is 12.4. The van der Waals surface area contributed by atoms with Gasteiger partial charge >= 0.3 is 5.97 Å². The number of nitrogens with zero attached hydrogens (tertiary/aromatic N) is 2. The molecule has 0 aromatic heterocycles. The molecule has 132 valence electrons. The van der Waals surface area contributed by atoms with Gasteiger partial charge in [0.2, 0.25) is 0 Å². The highest BCUT2D eigenvalue weighted by Crippen LogP contribution is 2.21. The molecule has 2 N–H and O–H groups in total. The fourth-order valence-corrected chi connectivity index (χ4v) is 1.99.